The minimum absolute atomic E-state index is 0.0589. The Morgan fingerprint density at radius 2 is 2.47 bits per heavy atom. The van der Waals surface area contributed by atoms with Gasteiger partial charge in [0.05, 0.1) is 0 Å². The lowest BCUT2D eigenvalue weighted by Crippen LogP contribution is -2.27. The molecular formula is C11H15N5O. The van der Waals surface area contributed by atoms with Crippen molar-refractivity contribution in [1.29, 1.82) is 0 Å². The first-order chi connectivity index (χ1) is 8.31. The predicted octanol–water partition coefficient (Wildman–Crippen LogP) is 0.599. The molecule has 0 saturated heterocycles. The minimum atomic E-state index is -0.0589. The van der Waals surface area contributed by atoms with E-state index in [0.29, 0.717) is 18.7 Å². The minimum Gasteiger partial charge on any atom is -0.350 e. The Labute approximate surface area is 99.1 Å². The zero-order valence-electron chi connectivity index (χ0n) is 9.68. The van der Waals surface area contributed by atoms with E-state index in [1.165, 1.54) is 6.33 Å². The van der Waals surface area contributed by atoms with Gasteiger partial charge in [-0.2, -0.15) is 5.10 Å². The highest BCUT2D eigenvalue weighted by Crippen LogP contribution is 2.01. The maximum Gasteiger partial charge on any atom is 0.267 e. The van der Waals surface area contributed by atoms with Crippen molar-refractivity contribution >= 4 is 5.91 Å². The fraction of sp³-hybridized carbons (Fsp3) is 0.364. The summed E-state index contributed by atoms with van der Waals surface area (Å²) < 4.78 is 1.91. The van der Waals surface area contributed by atoms with Gasteiger partial charge in [0, 0.05) is 25.7 Å². The highest BCUT2D eigenvalue weighted by Gasteiger charge is 2.08. The largest absolute Gasteiger partial charge is 0.350 e. The van der Waals surface area contributed by atoms with E-state index in [2.05, 4.69) is 20.5 Å². The first-order valence-electron chi connectivity index (χ1n) is 5.59. The monoisotopic (exact) mass is 233 g/mol. The van der Waals surface area contributed by atoms with Crippen molar-refractivity contribution in [3.8, 4) is 0 Å². The predicted molar refractivity (Wildman–Crippen MR) is 62.5 cm³/mol. The second-order valence-electron chi connectivity index (χ2n) is 3.62. The van der Waals surface area contributed by atoms with E-state index in [9.17, 15) is 4.79 Å². The molecule has 6 heteroatoms. The van der Waals surface area contributed by atoms with Gasteiger partial charge in [0.2, 0.25) is 0 Å². The maximum atomic E-state index is 11.8. The Bertz CT molecular complexity index is 474. The lowest BCUT2D eigenvalue weighted by Gasteiger charge is -2.06. The van der Waals surface area contributed by atoms with Crippen molar-refractivity contribution in [3.63, 3.8) is 0 Å². The number of hydrogen-bond donors (Lipinski definition) is 2. The van der Waals surface area contributed by atoms with Crippen LogP contribution >= 0.6 is 0 Å². The van der Waals surface area contributed by atoms with Crippen molar-refractivity contribution in [1.82, 2.24) is 25.1 Å². The van der Waals surface area contributed by atoms with Gasteiger partial charge < -0.3 is 9.88 Å². The summed E-state index contributed by atoms with van der Waals surface area (Å²) in [4.78, 5) is 15.8. The van der Waals surface area contributed by atoms with Gasteiger partial charge in [-0.25, -0.2) is 4.98 Å². The summed E-state index contributed by atoms with van der Waals surface area (Å²) in [6.07, 6.45) is 4.00. The summed E-state index contributed by atoms with van der Waals surface area (Å²) in [6, 6.07) is 3.68. The van der Waals surface area contributed by atoms with Gasteiger partial charge in [-0.15, -0.1) is 0 Å². The lowest BCUT2D eigenvalue weighted by atomic mass is 10.3. The molecule has 0 fully saturated rings. The van der Waals surface area contributed by atoms with Crippen LogP contribution in [0, 0.1) is 0 Å². The number of carbonyl (C=O) groups excluding carboxylic acids is 1. The molecule has 0 aromatic carbocycles. The molecule has 6 nitrogen and oxygen atoms in total. The van der Waals surface area contributed by atoms with Gasteiger partial charge in [-0.05, 0) is 19.1 Å². The van der Waals surface area contributed by atoms with Crippen LogP contribution in [0.2, 0.25) is 0 Å². The Kier molecular flexibility index (Phi) is 3.54. The Morgan fingerprint density at radius 1 is 1.59 bits per heavy atom. The number of rotatable bonds is 5. The van der Waals surface area contributed by atoms with Crippen LogP contribution in [0.3, 0.4) is 0 Å². The number of aromatic nitrogens is 4. The number of amides is 1. The van der Waals surface area contributed by atoms with E-state index in [-0.39, 0.29) is 5.91 Å². The first-order valence-corrected chi connectivity index (χ1v) is 5.59. The van der Waals surface area contributed by atoms with Crippen molar-refractivity contribution in [2.75, 3.05) is 6.54 Å². The van der Waals surface area contributed by atoms with Crippen LogP contribution in [0.25, 0.3) is 0 Å². The summed E-state index contributed by atoms with van der Waals surface area (Å²) >= 11 is 0. The van der Waals surface area contributed by atoms with Crippen LogP contribution in [-0.2, 0) is 13.0 Å². The van der Waals surface area contributed by atoms with Crippen molar-refractivity contribution in [3.05, 3.63) is 36.2 Å². The third kappa shape index (κ3) is 2.72. The molecule has 17 heavy (non-hydrogen) atoms. The lowest BCUT2D eigenvalue weighted by molar-refractivity contribution is 0.0945. The average molecular weight is 233 g/mol. The van der Waals surface area contributed by atoms with Crippen LogP contribution in [0.15, 0.2) is 24.7 Å². The van der Waals surface area contributed by atoms with Gasteiger partial charge in [-0.3, -0.25) is 9.89 Å². The van der Waals surface area contributed by atoms with Crippen LogP contribution in [0.5, 0.6) is 0 Å². The SMILES string of the molecule is CCn1cccc1C(=O)NCCc1ncn[nH]1. The third-order valence-corrected chi connectivity index (χ3v) is 2.52. The average Bonchev–Trinajstić information content (AvgIpc) is 2.99. The molecule has 2 N–H and O–H groups in total. The molecule has 0 unspecified atom stereocenters. The van der Waals surface area contributed by atoms with Crippen molar-refractivity contribution < 1.29 is 4.79 Å². The molecule has 0 bridgehead atoms. The van der Waals surface area contributed by atoms with Gasteiger partial charge in [0.15, 0.2) is 0 Å². The van der Waals surface area contributed by atoms with Crippen LogP contribution in [-0.4, -0.2) is 32.2 Å². The number of aromatic amines is 1. The van der Waals surface area contributed by atoms with Crippen molar-refractivity contribution in [2.45, 2.75) is 19.9 Å². The van der Waals surface area contributed by atoms with E-state index < -0.39 is 0 Å². The standard InChI is InChI=1S/C11H15N5O/c1-2-16-7-3-4-9(16)11(17)12-6-5-10-13-8-14-15-10/h3-4,7-8H,2,5-6H2,1H3,(H,12,17)(H,13,14,15). The van der Waals surface area contributed by atoms with Gasteiger partial charge >= 0.3 is 0 Å². The topological polar surface area (TPSA) is 75.6 Å². The highest BCUT2D eigenvalue weighted by molar-refractivity contribution is 5.92. The molecule has 0 spiro atoms. The molecule has 2 aromatic heterocycles. The van der Waals surface area contributed by atoms with Gasteiger partial charge in [-0.1, -0.05) is 0 Å². The van der Waals surface area contributed by atoms with E-state index in [0.717, 1.165) is 12.4 Å². The zero-order valence-corrected chi connectivity index (χ0v) is 9.68. The Balaban J connectivity index is 1.85. The van der Waals surface area contributed by atoms with Gasteiger partial charge in [0.25, 0.3) is 5.91 Å². The summed E-state index contributed by atoms with van der Waals surface area (Å²) in [5.41, 5.74) is 0.685. The normalized spacial score (nSPS) is 10.4. The van der Waals surface area contributed by atoms with Gasteiger partial charge in [0.1, 0.15) is 17.8 Å². The number of nitrogens with zero attached hydrogens (tertiary/aromatic N) is 3. The molecule has 2 heterocycles. The number of carbonyl (C=O) groups is 1. The number of hydrogen-bond acceptors (Lipinski definition) is 3. The smallest absolute Gasteiger partial charge is 0.267 e. The van der Waals surface area contributed by atoms with E-state index in [1.807, 2.05) is 29.8 Å². The van der Waals surface area contributed by atoms with Crippen LogP contribution in [0.1, 0.15) is 23.2 Å². The molecule has 2 rings (SSSR count). The fourth-order valence-electron chi connectivity index (χ4n) is 1.63. The maximum absolute atomic E-state index is 11.8. The summed E-state index contributed by atoms with van der Waals surface area (Å²) in [5.74, 6) is 0.715. The molecule has 0 aliphatic heterocycles. The molecule has 0 aliphatic carbocycles. The molecule has 0 aliphatic rings. The van der Waals surface area contributed by atoms with Crippen LogP contribution in [0.4, 0.5) is 0 Å². The van der Waals surface area contributed by atoms with E-state index in [1.54, 1.807) is 0 Å². The van der Waals surface area contributed by atoms with E-state index in [4.69, 9.17) is 0 Å². The van der Waals surface area contributed by atoms with E-state index >= 15 is 0 Å². The molecule has 2 aromatic rings. The molecule has 90 valence electrons. The third-order valence-electron chi connectivity index (χ3n) is 2.52. The highest BCUT2D eigenvalue weighted by atomic mass is 16.1. The first kappa shape index (κ1) is 11.4. The molecular weight excluding hydrogens is 218 g/mol. The number of H-pyrrole nitrogens is 1. The number of aryl methyl sites for hydroxylation is 1. The summed E-state index contributed by atoms with van der Waals surface area (Å²) in [6.45, 7) is 3.34. The fourth-order valence-corrected chi connectivity index (χ4v) is 1.63. The Morgan fingerprint density at radius 3 is 3.18 bits per heavy atom. The molecule has 0 radical (unpaired) electrons. The zero-order chi connectivity index (χ0) is 12.1. The second kappa shape index (κ2) is 5.29. The summed E-state index contributed by atoms with van der Waals surface area (Å²) in [5, 5.41) is 9.35. The number of nitrogens with one attached hydrogen (secondary N) is 2. The molecule has 0 atom stereocenters. The quantitative estimate of drug-likeness (QED) is 0.794. The van der Waals surface area contributed by atoms with Crippen molar-refractivity contribution in [2.24, 2.45) is 0 Å². The second-order valence-corrected chi connectivity index (χ2v) is 3.62. The molecule has 0 saturated carbocycles. The van der Waals surface area contributed by atoms with Crippen LogP contribution < -0.4 is 5.32 Å². The Hall–Kier alpha value is -2.11. The molecule has 1 amide bonds. The summed E-state index contributed by atoms with van der Waals surface area (Å²) in [7, 11) is 0.